The van der Waals surface area contributed by atoms with E-state index in [1.54, 1.807) is 12.1 Å². The van der Waals surface area contributed by atoms with Crippen molar-refractivity contribution < 1.29 is 13.5 Å². The van der Waals surface area contributed by atoms with Gasteiger partial charge in [0.25, 0.3) is 5.88 Å². The largest absolute Gasteiger partial charge is 0.433 e. The monoisotopic (exact) mass is 435 g/mol. The lowest BCUT2D eigenvalue weighted by molar-refractivity contribution is 0.397. The molecule has 1 aliphatic heterocycles. The van der Waals surface area contributed by atoms with Crippen LogP contribution in [-0.2, 0) is 6.42 Å². The van der Waals surface area contributed by atoms with E-state index in [0.29, 0.717) is 17.7 Å². The molecule has 6 nitrogen and oxygen atoms in total. The molecule has 0 saturated carbocycles. The molecule has 3 aromatic rings. The van der Waals surface area contributed by atoms with Gasteiger partial charge >= 0.3 is 0 Å². The number of rotatable bonds is 5. The first-order valence-corrected chi connectivity index (χ1v) is 10.6. The maximum absolute atomic E-state index is 15.0. The molecule has 0 bridgehead atoms. The van der Waals surface area contributed by atoms with E-state index in [0.717, 1.165) is 43.0 Å². The van der Waals surface area contributed by atoms with Crippen LogP contribution in [0.3, 0.4) is 0 Å². The number of halogens is 2. The Morgan fingerprint density at radius 3 is 2.56 bits per heavy atom. The van der Waals surface area contributed by atoms with E-state index in [2.05, 4.69) is 25.5 Å². The number of hydrogen-bond donors (Lipinski definition) is 2. The van der Waals surface area contributed by atoms with Crippen LogP contribution in [0.5, 0.6) is 11.6 Å². The first kappa shape index (κ1) is 20.4. The Bertz CT molecular complexity index is 1170. The third kappa shape index (κ3) is 4.01. The Labute approximate surface area is 185 Å². The summed E-state index contributed by atoms with van der Waals surface area (Å²) >= 11 is 0. The maximum atomic E-state index is 15.0. The summed E-state index contributed by atoms with van der Waals surface area (Å²) in [5.74, 6) is -1.75. The van der Waals surface area contributed by atoms with Crippen LogP contribution in [0.15, 0.2) is 48.3 Å². The van der Waals surface area contributed by atoms with Gasteiger partial charge in [0.05, 0.1) is 0 Å². The van der Waals surface area contributed by atoms with Gasteiger partial charge in [-0.25, -0.2) is 9.37 Å². The van der Waals surface area contributed by atoms with Crippen molar-refractivity contribution in [2.75, 3.05) is 36.4 Å². The quantitative estimate of drug-likeness (QED) is 0.608. The van der Waals surface area contributed by atoms with E-state index >= 15 is 4.39 Å². The summed E-state index contributed by atoms with van der Waals surface area (Å²) in [7, 11) is 0. The second-order valence-corrected chi connectivity index (χ2v) is 7.97. The lowest BCUT2D eigenvalue weighted by atomic mass is 10.1. The highest BCUT2D eigenvalue weighted by molar-refractivity contribution is 5.66. The van der Waals surface area contributed by atoms with Crippen LogP contribution in [0, 0.1) is 11.6 Å². The second-order valence-electron chi connectivity index (χ2n) is 7.97. The van der Waals surface area contributed by atoms with E-state index in [9.17, 15) is 4.39 Å². The average Bonchev–Trinajstić information content (AvgIpc) is 3.20. The summed E-state index contributed by atoms with van der Waals surface area (Å²) < 4.78 is 35.4. The van der Waals surface area contributed by atoms with Crippen molar-refractivity contribution in [2.24, 2.45) is 0 Å². The molecule has 0 spiro atoms. The Hall–Kier alpha value is -3.52. The highest BCUT2D eigenvalue weighted by atomic mass is 19.1. The number of ether oxygens (including phenoxy) is 1. The lowest BCUT2D eigenvalue weighted by Crippen LogP contribution is -2.43. The lowest BCUT2D eigenvalue weighted by Gasteiger charge is -2.29. The molecule has 1 aromatic heterocycles. The molecule has 2 N–H and O–H groups in total. The highest BCUT2D eigenvalue weighted by Gasteiger charge is 2.21. The van der Waals surface area contributed by atoms with Gasteiger partial charge in [-0.15, -0.1) is 0 Å². The standard InChI is InChI=1S/C24H23F2N5O/c1-15-12-16-2-7-20(21(25)19(16)13-15)32-24-22(26)23(28-14-29-24)30-17-3-5-18(6-4-17)31-10-8-27-9-11-31/h2-7,13-14,27H,8-12H2,1H3,(H,28,29,30). The number of aromatic nitrogens is 2. The zero-order chi connectivity index (χ0) is 22.1. The van der Waals surface area contributed by atoms with Crippen molar-refractivity contribution in [3.63, 3.8) is 0 Å². The minimum absolute atomic E-state index is 0.0396. The minimum Gasteiger partial charge on any atom is -0.433 e. The molecule has 0 atom stereocenters. The van der Waals surface area contributed by atoms with Crippen molar-refractivity contribution in [2.45, 2.75) is 13.3 Å². The molecular formula is C24H23F2N5O. The molecule has 0 amide bonds. The Morgan fingerprint density at radius 2 is 1.78 bits per heavy atom. The van der Waals surface area contributed by atoms with E-state index in [1.807, 2.05) is 31.2 Å². The van der Waals surface area contributed by atoms with Crippen LogP contribution in [-0.4, -0.2) is 36.1 Å². The van der Waals surface area contributed by atoms with Gasteiger partial charge in [-0.2, -0.15) is 9.37 Å². The fourth-order valence-corrected chi connectivity index (χ4v) is 4.03. The molecule has 2 aliphatic rings. The second kappa shape index (κ2) is 8.55. The molecule has 0 radical (unpaired) electrons. The van der Waals surface area contributed by atoms with Crippen LogP contribution >= 0.6 is 0 Å². The SMILES string of the molecule is CC1=Cc2c(ccc(Oc3ncnc(Nc4ccc(N5CCNCC5)cc4)c3F)c2F)C1. The zero-order valence-corrected chi connectivity index (χ0v) is 17.7. The number of anilines is 3. The molecule has 164 valence electrons. The summed E-state index contributed by atoms with van der Waals surface area (Å²) in [6.45, 7) is 5.74. The number of nitrogens with zero attached hydrogens (tertiary/aromatic N) is 3. The van der Waals surface area contributed by atoms with Gasteiger partial charge < -0.3 is 20.3 Å². The maximum Gasteiger partial charge on any atom is 0.261 e. The smallest absolute Gasteiger partial charge is 0.261 e. The summed E-state index contributed by atoms with van der Waals surface area (Å²) in [4.78, 5) is 10.1. The number of benzene rings is 2. The molecule has 1 fully saturated rings. The molecule has 32 heavy (non-hydrogen) atoms. The van der Waals surface area contributed by atoms with Crippen molar-refractivity contribution in [3.05, 3.63) is 71.1 Å². The van der Waals surface area contributed by atoms with Gasteiger partial charge in [0.15, 0.2) is 17.4 Å². The van der Waals surface area contributed by atoms with E-state index in [-0.39, 0.29) is 17.4 Å². The van der Waals surface area contributed by atoms with Crippen LogP contribution in [0.2, 0.25) is 0 Å². The average molecular weight is 435 g/mol. The minimum atomic E-state index is -0.787. The van der Waals surface area contributed by atoms with E-state index < -0.39 is 11.6 Å². The summed E-state index contributed by atoms with van der Waals surface area (Å²) in [5, 5.41) is 6.28. The summed E-state index contributed by atoms with van der Waals surface area (Å²) in [6.07, 6.45) is 3.67. The molecule has 2 aromatic carbocycles. The van der Waals surface area contributed by atoms with E-state index in [4.69, 9.17) is 4.74 Å². The van der Waals surface area contributed by atoms with E-state index in [1.165, 1.54) is 12.4 Å². The number of piperazine rings is 1. The summed E-state index contributed by atoms with van der Waals surface area (Å²) in [5.41, 5.74) is 4.23. The topological polar surface area (TPSA) is 62.3 Å². The molecule has 1 aliphatic carbocycles. The van der Waals surface area contributed by atoms with Crippen LogP contribution < -0.4 is 20.3 Å². The van der Waals surface area contributed by atoms with Crippen molar-refractivity contribution in [1.82, 2.24) is 15.3 Å². The van der Waals surface area contributed by atoms with Crippen LogP contribution in [0.4, 0.5) is 26.0 Å². The summed E-state index contributed by atoms with van der Waals surface area (Å²) in [6, 6.07) is 11.0. The number of hydrogen-bond acceptors (Lipinski definition) is 6. The van der Waals surface area contributed by atoms with Gasteiger partial charge in [-0.05, 0) is 49.2 Å². The molecule has 5 rings (SSSR count). The molecule has 0 unspecified atom stereocenters. The first-order chi connectivity index (χ1) is 15.6. The van der Waals surface area contributed by atoms with Crippen molar-refractivity contribution in [3.8, 4) is 11.6 Å². The third-order valence-corrected chi connectivity index (χ3v) is 5.67. The number of nitrogens with one attached hydrogen (secondary N) is 2. The number of fused-ring (bicyclic) bond motifs is 1. The zero-order valence-electron chi connectivity index (χ0n) is 17.7. The van der Waals surface area contributed by atoms with Crippen molar-refractivity contribution >= 4 is 23.3 Å². The Balaban J connectivity index is 1.34. The first-order valence-electron chi connectivity index (χ1n) is 10.6. The molecule has 8 heteroatoms. The fraction of sp³-hybridized carbons (Fsp3) is 0.250. The predicted molar refractivity (Wildman–Crippen MR) is 121 cm³/mol. The van der Waals surface area contributed by atoms with Gasteiger partial charge in [-0.3, -0.25) is 0 Å². The van der Waals surface area contributed by atoms with Crippen LogP contribution in [0.1, 0.15) is 18.1 Å². The molecule has 2 heterocycles. The van der Waals surface area contributed by atoms with Crippen LogP contribution in [0.25, 0.3) is 6.08 Å². The Kier molecular flexibility index (Phi) is 5.45. The predicted octanol–water partition coefficient (Wildman–Crippen LogP) is 4.66. The third-order valence-electron chi connectivity index (χ3n) is 5.67. The van der Waals surface area contributed by atoms with Gasteiger partial charge in [-0.1, -0.05) is 17.7 Å². The number of allylic oxidation sites excluding steroid dienone is 1. The normalized spacial score (nSPS) is 15.3. The Morgan fingerprint density at radius 1 is 1.00 bits per heavy atom. The highest BCUT2D eigenvalue weighted by Crippen LogP contribution is 2.35. The molecule has 1 saturated heterocycles. The van der Waals surface area contributed by atoms with Gasteiger partial charge in [0, 0.05) is 43.1 Å². The molecular weight excluding hydrogens is 412 g/mol. The van der Waals surface area contributed by atoms with Gasteiger partial charge in [0.2, 0.25) is 5.82 Å². The van der Waals surface area contributed by atoms with Gasteiger partial charge in [0.1, 0.15) is 6.33 Å². The fourth-order valence-electron chi connectivity index (χ4n) is 4.03. The van der Waals surface area contributed by atoms with Crippen molar-refractivity contribution in [1.29, 1.82) is 0 Å².